The van der Waals surface area contributed by atoms with Crippen molar-refractivity contribution in [3.8, 4) is 6.07 Å². The molecule has 2 atom stereocenters. The molecule has 0 radical (unpaired) electrons. The molecule has 0 spiro atoms. The highest BCUT2D eigenvalue weighted by Gasteiger charge is 2.29. The van der Waals surface area contributed by atoms with E-state index in [0.717, 1.165) is 16.8 Å². The summed E-state index contributed by atoms with van der Waals surface area (Å²) < 4.78 is 5.82. The van der Waals surface area contributed by atoms with Gasteiger partial charge >= 0.3 is 0 Å². The van der Waals surface area contributed by atoms with Crippen molar-refractivity contribution in [1.29, 1.82) is 5.26 Å². The second kappa shape index (κ2) is 7.43. The van der Waals surface area contributed by atoms with E-state index in [1.54, 1.807) is 12.1 Å². The number of aliphatic hydroxyl groups is 1. The van der Waals surface area contributed by atoms with Crippen LogP contribution in [0.5, 0.6) is 0 Å². The van der Waals surface area contributed by atoms with Crippen LogP contribution >= 0.6 is 11.6 Å². The van der Waals surface area contributed by atoms with Gasteiger partial charge in [-0.25, -0.2) is 0 Å². The minimum Gasteiger partial charge on any atom is -0.448 e. The lowest BCUT2D eigenvalue weighted by Gasteiger charge is -2.24. The van der Waals surface area contributed by atoms with Crippen molar-refractivity contribution in [3.05, 3.63) is 64.2 Å². The van der Waals surface area contributed by atoms with Gasteiger partial charge in [0.2, 0.25) is 12.1 Å². The molecule has 7 heteroatoms. The van der Waals surface area contributed by atoms with Crippen molar-refractivity contribution in [2.24, 2.45) is 5.10 Å². The second-order valence-electron chi connectivity index (χ2n) is 5.60. The molecule has 0 aliphatic carbocycles. The second-order valence-corrected chi connectivity index (χ2v) is 5.97. The summed E-state index contributed by atoms with van der Waals surface area (Å²) in [6, 6.07) is 14.5. The van der Waals surface area contributed by atoms with E-state index in [2.05, 4.69) is 15.8 Å². The van der Waals surface area contributed by atoms with Crippen molar-refractivity contribution in [3.63, 3.8) is 0 Å². The maximum Gasteiger partial charge on any atom is 0.240 e. The van der Waals surface area contributed by atoms with Crippen LogP contribution in [0, 0.1) is 18.3 Å². The number of hydrogen-bond acceptors (Lipinski definition) is 6. The zero-order valence-corrected chi connectivity index (χ0v) is 14.3. The van der Waals surface area contributed by atoms with E-state index in [1.165, 1.54) is 0 Å². The highest BCUT2D eigenvalue weighted by Crippen LogP contribution is 2.28. The van der Waals surface area contributed by atoms with E-state index in [1.807, 2.05) is 43.3 Å². The normalized spacial score (nSPS) is 17.0. The van der Waals surface area contributed by atoms with Crippen LogP contribution in [0.4, 0.5) is 5.69 Å². The lowest BCUT2D eigenvalue weighted by Crippen LogP contribution is -2.44. The summed E-state index contributed by atoms with van der Waals surface area (Å²) in [5, 5.41) is 26.6. The Morgan fingerprint density at radius 1 is 1.36 bits per heavy atom. The summed E-state index contributed by atoms with van der Waals surface area (Å²) in [4.78, 5) is 0. The van der Waals surface area contributed by atoms with Crippen molar-refractivity contribution >= 4 is 23.2 Å². The first-order valence-corrected chi connectivity index (χ1v) is 8.13. The van der Waals surface area contributed by atoms with Gasteiger partial charge < -0.3 is 15.2 Å². The van der Waals surface area contributed by atoms with E-state index in [-0.39, 0.29) is 6.61 Å². The van der Waals surface area contributed by atoms with Gasteiger partial charge in [-0.2, -0.15) is 5.26 Å². The molecule has 2 aromatic rings. The average molecular weight is 357 g/mol. The Kier molecular flexibility index (Phi) is 5.08. The van der Waals surface area contributed by atoms with Crippen LogP contribution in [0.1, 0.15) is 16.7 Å². The molecule has 128 valence electrons. The number of nitrogens with zero attached hydrogens (tertiary/aromatic N) is 2. The molecule has 0 aromatic heterocycles. The quantitative estimate of drug-likeness (QED) is 0.766. The zero-order valence-electron chi connectivity index (χ0n) is 13.5. The third-order valence-electron chi connectivity index (χ3n) is 3.96. The monoisotopic (exact) mass is 356 g/mol. The topological polar surface area (TPSA) is 89.7 Å². The van der Waals surface area contributed by atoms with Crippen molar-refractivity contribution < 1.29 is 9.84 Å². The van der Waals surface area contributed by atoms with Crippen molar-refractivity contribution in [2.75, 3.05) is 11.9 Å². The predicted molar refractivity (Wildman–Crippen MR) is 96.4 cm³/mol. The fraction of sp³-hybridized carbons (Fsp3) is 0.222. The van der Waals surface area contributed by atoms with Crippen LogP contribution in [0.15, 0.2) is 47.6 Å². The van der Waals surface area contributed by atoms with Gasteiger partial charge in [-0.1, -0.05) is 29.8 Å². The van der Waals surface area contributed by atoms with Crippen LogP contribution in [0.2, 0.25) is 5.02 Å². The molecule has 0 saturated heterocycles. The molecule has 1 heterocycles. The molecule has 3 rings (SSSR count). The molecule has 1 unspecified atom stereocenters. The zero-order chi connectivity index (χ0) is 17.8. The fourth-order valence-corrected chi connectivity index (χ4v) is 2.73. The Hall–Kier alpha value is -2.75. The molecule has 1 aliphatic rings. The first-order chi connectivity index (χ1) is 12.1. The minimum absolute atomic E-state index is 0.174. The molecular formula is C18H17ClN4O2. The highest BCUT2D eigenvalue weighted by atomic mass is 35.5. The van der Waals surface area contributed by atoms with Gasteiger partial charge in [0.1, 0.15) is 12.1 Å². The molecule has 3 N–H and O–H groups in total. The van der Waals surface area contributed by atoms with Gasteiger partial charge in [0.25, 0.3) is 0 Å². The Labute approximate surface area is 150 Å². The number of nitriles is 1. The Balaban J connectivity index is 1.73. The van der Waals surface area contributed by atoms with E-state index >= 15 is 0 Å². The lowest BCUT2D eigenvalue weighted by atomic mass is 10.1. The van der Waals surface area contributed by atoms with Crippen LogP contribution in [0.25, 0.3) is 0 Å². The summed E-state index contributed by atoms with van der Waals surface area (Å²) in [5.41, 5.74) is 5.62. The Bertz CT molecular complexity index is 833. The largest absolute Gasteiger partial charge is 0.448 e. The molecule has 25 heavy (non-hydrogen) atoms. The Morgan fingerprint density at radius 2 is 2.12 bits per heavy atom. The average Bonchev–Trinajstić information content (AvgIpc) is 3.14. The number of hydrogen-bond donors (Lipinski definition) is 3. The molecule has 6 nitrogen and oxygen atoms in total. The molecule has 0 amide bonds. The lowest BCUT2D eigenvalue weighted by molar-refractivity contribution is 0.126. The summed E-state index contributed by atoms with van der Waals surface area (Å²) in [5.74, 6) is 0.473. The summed E-state index contributed by atoms with van der Waals surface area (Å²) in [6.07, 6.45) is -0.533. The van der Waals surface area contributed by atoms with Gasteiger partial charge in [-0.05, 0) is 36.8 Å². The number of halogens is 1. The highest BCUT2D eigenvalue weighted by molar-refractivity contribution is 6.32. The third kappa shape index (κ3) is 3.53. The maximum atomic E-state index is 9.75. The van der Waals surface area contributed by atoms with Crippen LogP contribution in [-0.4, -0.2) is 29.9 Å². The minimum atomic E-state index is -0.533. The summed E-state index contributed by atoms with van der Waals surface area (Å²) in [6.45, 7) is 1.64. The number of hydrazone groups is 1. The van der Waals surface area contributed by atoms with E-state index < -0.39 is 12.3 Å². The first kappa shape index (κ1) is 17.1. The number of nitrogens with one attached hydrogen (secondary N) is 2. The summed E-state index contributed by atoms with van der Waals surface area (Å²) >= 11 is 6.19. The van der Waals surface area contributed by atoms with E-state index in [9.17, 15) is 5.11 Å². The smallest absolute Gasteiger partial charge is 0.240 e. The molecular weight excluding hydrogens is 340 g/mol. The van der Waals surface area contributed by atoms with Crippen LogP contribution in [0.3, 0.4) is 0 Å². The number of benzene rings is 2. The molecule has 2 aromatic carbocycles. The molecule has 1 aliphatic heterocycles. The predicted octanol–water partition coefficient (Wildman–Crippen LogP) is 2.60. The number of aliphatic hydroxyl groups excluding tert-OH is 1. The van der Waals surface area contributed by atoms with E-state index in [0.29, 0.717) is 16.5 Å². The number of anilines is 1. The van der Waals surface area contributed by atoms with Gasteiger partial charge in [-0.15, -0.1) is 5.10 Å². The van der Waals surface area contributed by atoms with Gasteiger partial charge in [0.15, 0.2) is 0 Å². The standard InChI is InChI=1S/C18H17ClN4O2/c1-11-14(8-7-13(9-20)16(11)19)21-15(10-24)18-23-22-17(25-18)12-5-3-2-4-6-12/h2-8,15,18,21,23-24H,10H2,1H3/t15-,18?/m1/s1. The molecule has 0 bridgehead atoms. The van der Waals surface area contributed by atoms with Crippen molar-refractivity contribution in [1.82, 2.24) is 5.43 Å². The van der Waals surface area contributed by atoms with Crippen LogP contribution < -0.4 is 10.7 Å². The first-order valence-electron chi connectivity index (χ1n) is 7.76. The van der Waals surface area contributed by atoms with E-state index in [4.69, 9.17) is 21.6 Å². The molecule has 0 fully saturated rings. The van der Waals surface area contributed by atoms with Crippen molar-refractivity contribution in [2.45, 2.75) is 19.2 Å². The fourth-order valence-electron chi connectivity index (χ4n) is 2.53. The Morgan fingerprint density at radius 3 is 2.80 bits per heavy atom. The van der Waals surface area contributed by atoms with Gasteiger partial charge in [-0.3, -0.25) is 5.43 Å². The number of ether oxygens (including phenoxy) is 1. The van der Waals surface area contributed by atoms with Gasteiger partial charge in [0, 0.05) is 11.3 Å². The summed E-state index contributed by atoms with van der Waals surface area (Å²) in [7, 11) is 0. The van der Waals surface area contributed by atoms with Crippen LogP contribution in [-0.2, 0) is 4.74 Å². The SMILES string of the molecule is Cc1c(N[C@H](CO)C2NN=C(c3ccccc3)O2)ccc(C#N)c1Cl. The number of rotatable bonds is 5. The molecule has 0 saturated carbocycles. The third-order valence-corrected chi connectivity index (χ3v) is 4.45. The van der Waals surface area contributed by atoms with Gasteiger partial charge in [0.05, 0.1) is 17.2 Å². The maximum absolute atomic E-state index is 9.75.